The average molecular weight is 433 g/mol. The minimum Gasteiger partial charge on any atom is -0.497 e. The summed E-state index contributed by atoms with van der Waals surface area (Å²) < 4.78 is 10.8. The van der Waals surface area contributed by atoms with Crippen molar-refractivity contribution in [3.63, 3.8) is 0 Å². The molecular weight excluding hydrogens is 404 g/mol. The van der Waals surface area contributed by atoms with Crippen molar-refractivity contribution in [2.24, 2.45) is 0 Å². The SMILES string of the molecule is CC[C@@H](C(=O)NC(C)C)N(Cc1ccc(Cl)cc1)C(=O)COc1ccc(OC)cc1. The molecule has 2 amide bonds. The molecule has 0 aliphatic carbocycles. The lowest BCUT2D eigenvalue weighted by Crippen LogP contribution is -2.51. The van der Waals surface area contributed by atoms with E-state index in [0.29, 0.717) is 22.9 Å². The van der Waals surface area contributed by atoms with Crippen molar-refractivity contribution in [1.82, 2.24) is 10.2 Å². The molecular formula is C23H29ClN2O4. The van der Waals surface area contributed by atoms with Gasteiger partial charge < -0.3 is 19.7 Å². The van der Waals surface area contributed by atoms with Gasteiger partial charge in [0, 0.05) is 17.6 Å². The maximum Gasteiger partial charge on any atom is 0.261 e. The van der Waals surface area contributed by atoms with Crippen LogP contribution in [0.2, 0.25) is 5.02 Å². The second-order valence-corrected chi connectivity index (χ2v) is 7.64. The molecule has 1 N–H and O–H groups in total. The van der Waals surface area contributed by atoms with Gasteiger partial charge in [-0.15, -0.1) is 0 Å². The van der Waals surface area contributed by atoms with E-state index in [1.54, 1.807) is 48.4 Å². The predicted octanol–water partition coefficient (Wildman–Crippen LogP) is 4.06. The molecule has 6 nitrogen and oxygen atoms in total. The summed E-state index contributed by atoms with van der Waals surface area (Å²) in [5.41, 5.74) is 0.882. The molecule has 0 aliphatic rings. The zero-order valence-electron chi connectivity index (χ0n) is 17.9. The van der Waals surface area contributed by atoms with E-state index in [1.807, 2.05) is 32.9 Å². The molecule has 0 bridgehead atoms. The lowest BCUT2D eigenvalue weighted by Gasteiger charge is -2.31. The minimum atomic E-state index is -0.602. The summed E-state index contributed by atoms with van der Waals surface area (Å²) in [6, 6.07) is 13.6. The van der Waals surface area contributed by atoms with Crippen molar-refractivity contribution in [2.75, 3.05) is 13.7 Å². The highest BCUT2D eigenvalue weighted by molar-refractivity contribution is 6.30. The van der Waals surface area contributed by atoms with E-state index in [9.17, 15) is 9.59 Å². The van der Waals surface area contributed by atoms with Crippen LogP contribution in [-0.2, 0) is 16.1 Å². The van der Waals surface area contributed by atoms with Gasteiger partial charge in [-0.2, -0.15) is 0 Å². The first kappa shape index (κ1) is 23.5. The zero-order valence-corrected chi connectivity index (χ0v) is 18.6. The highest BCUT2D eigenvalue weighted by Crippen LogP contribution is 2.19. The highest BCUT2D eigenvalue weighted by Gasteiger charge is 2.29. The molecule has 7 heteroatoms. The van der Waals surface area contributed by atoms with Crippen LogP contribution in [-0.4, -0.2) is 42.5 Å². The Bertz CT molecular complexity index is 822. The molecule has 0 radical (unpaired) electrons. The maximum absolute atomic E-state index is 13.1. The number of benzene rings is 2. The Labute approximate surface area is 183 Å². The summed E-state index contributed by atoms with van der Waals surface area (Å²) in [5, 5.41) is 3.52. The number of hydrogen-bond acceptors (Lipinski definition) is 4. The Morgan fingerprint density at radius 3 is 2.17 bits per heavy atom. The average Bonchev–Trinajstić information content (AvgIpc) is 2.73. The van der Waals surface area contributed by atoms with Gasteiger partial charge in [0.15, 0.2) is 6.61 Å². The summed E-state index contributed by atoms with van der Waals surface area (Å²) in [5.74, 6) is 0.801. The third kappa shape index (κ3) is 6.95. The summed E-state index contributed by atoms with van der Waals surface area (Å²) in [7, 11) is 1.58. The van der Waals surface area contributed by atoms with E-state index in [2.05, 4.69) is 5.32 Å². The Hall–Kier alpha value is -2.73. The number of carbonyl (C=O) groups excluding carboxylic acids is 2. The molecule has 2 aromatic rings. The number of amides is 2. The molecule has 0 saturated heterocycles. The van der Waals surface area contributed by atoms with Gasteiger partial charge in [0.2, 0.25) is 5.91 Å². The van der Waals surface area contributed by atoms with Crippen molar-refractivity contribution in [1.29, 1.82) is 0 Å². The summed E-state index contributed by atoms with van der Waals surface area (Å²) in [4.78, 5) is 27.4. The molecule has 162 valence electrons. The van der Waals surface area contributed by atoms with Crippen LogP contribution in [0, 0.1) is 0 Å². The summed E-state index contributed by atoms with van der Waals surface area (Å²) in [6.07, 6.45) is 0.487. The second-order valence-electron chi connectivity index (χ2n) is 7.20. The van der Waals surface area contributed by atoms with Crippen molar-refractivity contribution in [3.8, 4) is 11.5 Å². The number of carbonyl (C=O) groups is 2. The highest BCUT2D eigenvalue weighted by atomic mass is 35.5. The van der Waals surface area contributed by atoms with Gasteiger partial charge in [-0.05, 0) is 62.2 Å². The monoisotopic (exact) mass is 432 g/mol. The van der Waals surface area contributed by atoms with Gasteiger partial charge in [0.05, 0.1) is 7.11 Å². The fourth-order valence-electron chi connectivity index (χ4n) is 2.99. The Morgan fingerprint density at radius 1 is 1.03 bits per heavy atom. The summed E-state index contributed by atoms with van der Waals surface area (Å²) in [6.45, 7) is 5.78. The molecule has 0 unspecified atom stereocenters. The maximum atomic E-state index is 13.1. The first-order chi connectivity index (χ1) is 14.3. The molecule has 1 atom stereocenters. The predicted molar refractivity (Wildman–Crippen MR) is 118 cm³/mol. The smallest absolute Gasteiger partial charge is 0.261 e. The number of hydrogen-bond donors (Lipinski definition) is 1. The molecule has 0 heterocycles. The van der Waals surface area contributed by atoms with Gasteiger partial charge in [-0.25, -0.2) is 0 Å². The molecule has 0 aliphatic heterocycles. The normalized spacial score (nSPS) is 11.7. The van der Waals surface area contributed by atoms with Gasteiger partial charge in [0.1, 0.15) is 17.5 Å². The van der Waals surface area contributed by atoms with E-state index >= 15 is 0 Å². The molecule has 2 rings (SSSR count). The fourth-order valence-corrected chi connectivity index (χ4v) is 3.11. The number of methoxy groups -OCH3 is 1. The van der Waals surface area contributed by atoms with Crippen molar-refractivity contribution < 1.29 is 19.1 Å². The third-order valence-electron chi connectivity index (χ3n) is 4.50. The van der Waals surface area contributed by atoms with Crippen LogP contribution in [0.5, 0.6) is 11.5 Å². The standard InChI is InChI=1S/C23H29ClN2O4/c1-5-21(23(28)25-16(2)3)26(14-17-6-8-18(24)9-7-17)22(27)15-30-20-12-10-19(29-4)11-13-20/h6-13,16,21H,5,14-15H2,1-4H3,(H,25,28)/t21-/m0/s1. The van der Waals surface area contributed by atoms with Gasteiger partial charge in [0.25, 0.3) is 5.91 Å². The number of halogens is 1. The van der Waals surface area contributed by atoms with Crippen molar-refractivity contribution in [3.05, 3.63) is 59.1 Å². The van der Waals surface area contributed by atoms with E-state index < -0.39 is 6.04 Å². The Kier molecular flexibility index (Phi) is 8.99. The second kappa shape index (κ2) is 11.5. The first-order valence-corrected chi connectivity index (χ1v) is 10.3. The van der Waals surface area contributed by atoms with Crippen LogP contribution in [0.1, 0.15) is 32.8 Å². The van der Waals surface area contributed by atoms with E-state index in [0.717, 1.165) is 5.56 Å². The molecule has 0 saturated carbocycles. The largest absolute Gasteiger partial charge is 0.497 e. The van der Waals surface area contributed by atoms with Gasteiger partial charge in [-0.3, -0.25) is 9.59 Å². The molecule has 0 aromatic heterocycles. The summed E-state index contributed by atoms with van der Waals surface area (Å²) >= 11 is 5.97. The number of ether oxygens (including phenoxy) is 2. The first-order valence-electron chi connectivity index (χ1n) is 9.95. The van der Waals surface area contributed by atoms with Crippen LogP contribution >= 0.6 is 11.6 Å². The van der Waals surface area contributed by atoms with Gasteiger partial charge in [-0.1, -0.05) is 30.7 Å². The molecule has 2 aromatic carbocycles. The van der Waals surface area contributed by atoms with Crippen LogP contribution in [0.15, 0.2) is 48.5 Å². The van der Waals surface area contributed by atoms with Gasteiger partial charge >= 0.3 is 0 Å². The fraction of sp³-hybridized carbons (Fsp3) is 0.391. The van der Waals surface area contributed by atoms with E-state index in [1.165, 1.54) is 0 Å². The number of nitrogens with zero attached hydrogens (tertiary/aromatic N) is 1. The number of nitrogens with one attached hydrogen (secondary N) is 1. The van der Waals surface area contributed by atoms with Crippen LogP contribution in [0.3, 0.4) is 0 Å². The molecule has 30 heavy (non-hydrogen) atoms. The molecule has 0 fully saturated rings. The molecule has 0 spiro atoms. The zero-order chi connectivity index (χ0) is 22.1. The van der Waals surface area contributed by atoms with E-state index in [-0.39, 0.29) is 31.0 Å². The Balaban J connectivity index is 2.17. The number of rotatable bonds is 10. The van der Waals surface area contributed by atoms with E-state index in [4.69, 9.17) is 21.1 Å². The van der Waals surface area contributed by atoms with Crippen LogP contribution < -0.4 is 14.8 Å². The lowest BCUT2D eigenvalue weighted by atomic mass is 10.1. The lowest BCUT2D eigenvalue weighted by molar-refractivity contribution is -0.143. The Morgan fingerprint density at radius 2 is 1.63 bits per heavy atom. The quantitative estimate of drug-likeness (QED) is 0.614. The van der Waals surface area contributed by atoms with Crippen LogP contribution in [0.4, 0.5) is 0 Å². The minimum absolute atomic E-state index is 0.0189. The topological polar surface area (TPSA) is 67.9 Å². The third-order valence-corrected chi connectivity index (χ3v) is 4.76. The van der Waals surface area contributed by atoms with Crippen molar-refractivity contribution >= 4 is 23.4 Å². The van der Waals surface area contributed by atoms with Crippen LogP contribution in [0.25, 0.3) is 0 Å². The van der Waals surface area contributed by atoms with Crippen molar-refractivity contribution in [2.45, 2.75) is 45.8 Å².